The zero-order valence-electron chi connectivity index (χ0n) is 12.1. The van der Waals surface area contributed by atoms with E-state index in [9.17, 15) is 0 Å². The maximum absolute atomic E-state index is 6.27. The summed E-state index contributed by atoms with van der Waals surface area (Å²) >= 11 is 12.3. The minimum Gasteiger partial charge on any atom is -0.493 e. The predicted octanol–water partition coefficient (Wildman–Crippen LogP) is 4.32. The first kappa shape index (κ1) is 16.0. The normalized spacial score (nSPS) is 12.0. The zero-order valence-corrected chi connectivity index (χ0v) is 13.6. The molecular formula is C16H17Cl2NO2. The Morgan fingerprint density at radius 2 is 1.76 bits per heavy atom. The molecule has 0 saturated carbocycles. The Morgan fingerprint density at radius 1 is 1.00 bits per heavy atom. The third-order valence-electron chi connectivity index (χ3n) is 3.26. The Kier molecular flexibility index (Phi) is 5.34. The number of halogens is 2. The lowest BCUT2D eigenvalue weighted by molar-refractivity contribution is 0.354. The molecule has 2 rings (SSSR count). The molecule has 2 aromatic rings. The Hall–Kier alpha value is -1.42. The molecule has 1 atom stereocenters. The molecule has 0 fully saturated rings. The molecule has 0 heterocycles. The van der Waals surface area contributed by atoms with E-state index in [1.165, 1.54) is 0 Å². The van der Waals surface area contributed by atoms with Crippen molar-refractivity contribution in [3.05, 3.63) is 57.6 Å². The third-order valence-corrected chi connectivity index (χ3v) is 3.78. The van der Waals surface area contributed by atoms with E-state index in [1.807, 2.05) is 43.4 Å². The van der Waals surface area contributed by atoms with Crippen molar-refractivity contribution in [3.8, 4) is 11.5 Å². The Labute approximate surface area is 134 Å². The van der Waals surface area contributed by atoms with Gasteiger partial charge in [-0.3, -0.25) is 0 Å². The van der Waals surface area contributed by atoms with Gasteiger partial charge in [-0.2, -0.15) is 0 Å². The molecule has 112 valence electrons. The van der Waals surface area contributed by atoms with Crippen molar-refractivity contribution < 1.29 is 9.47 Å². The highest BCUT2D eigenvalue weighted by Gasteiger charge is 2.18. The van der Waals surface area contributed by atoms with E-state index >= 15 is 0 Å². The lowest BCUT2D eigenvalue weighted by Crippen LogP contribution is -2.17. The van der Waals surface area contributed by atoms with Crippen LogP contribution in [0.15, 0.2) is 36.4 Å². The molecule has 0 spiro atoms. The molecule has 0 aliphatic rings. The highest BCUT2D eigenvalue weighted by molar-refractivity contribution is 6.32. The van der Waals surface area contributed by atoms with E-state index in [1.54, 1.807) is 14.2 Å². The van der Waals surface area contributed by atoms with Crippen LogP contribution in [0, 0.1) is 0 Å². The van der Waals surface area contributed by atoms with Crippen LogP contribution < -0.4 is 14.8 Å². The molecule has 0 aliphatic carbocycles. The summed E-state index contributed by atoms with van der Waals surface area (Å²) < 4.78 is 10.6. The van der Waals surface area contributed by atoms with Crippen molar-refractivity contribution in [3.63, 3.8) is 0 Å². The number of hydrogen-bond acceptors (Lipinski definition) is 3. The monoisotopic (exact) mass is 325 g/mol. The lowest BCUT2D eigenvalue weighted by Gasteiger charge is -2.20. The van der Waals surface area contributed by atoms with Gasteiger partial charge in [-0.15, -0.1) is 0 Å². The van der Waals surface area contributed by atoms with E-state index in [0.29, 0.717) is 21.5 Å². The summed E-state index contributed by atoms with van der Waals surface area (Å²) in [6.07, 6.45) is 0. The maximum atomic E-state index is 6.27. The molecule has 0 saturated heterocycles. The fourth-order valence-corrected chi connectivity index (χ4v) is 2.81. The number of ether oxygens (including phenoxy) is 2. The van der Waals surface area contributed by atoms with Crippen molar-refractivity contribution >= 4 is 23.2 Å². The Balaban J connectivity index is 2.50. The topological polar surface area (TPSA) is 30.5 Å². The summed E-state index contributed by atoms with van der Waals surface area (Å²) in [6, 6.07) is 11.4. The number of benzene rings is 2. The first-order valence-corrected chi connectivity index (χ1v) is 7.20. The van der Waals surface area contributed by atoms with Crippen molar-refractivity contribution in [1.82, 2.24) is 5.32 Å². The van der Waals surface area contributed by atoms with Gasteiger partial charge < -0.3 is 14.8 Å². The van der Waals surface area contributed by atoms with Gasteiger partial charge in [0.05, 0.1) is 25.3 Å². The highest BCUT2D eigenvalue weighted by Crippen LogP contribution is 2.38. The van der Waals surface area contributed by atoms with Crippen LogP contribution in [0.1, 0.15) is 17.2 Å². The van der Waals surface area contributed by atoms with Crippen LogP contribution in [0.2, 0.25) is 10.0 Å². The summed E-state index contributed by atoms with van der Waals surface area (Å²) in [5.41, 5.74) is 2.02. The van der Waals surface area contributed by atoms with E-state index in [-0.39, 0.29) is 6.04 Å². The van der Waals surface area contributed by atoms with Crippen LogP contribution >= 0.6 is 23.2 Å². The molecule has 0 bridgehead atoms. The molecule has 2 aromatic carbocycles. The molecule has 0 aliphatic heterocycles. The van der Waals surface area contributed by atoms with Gasteiger partial charge in [0.1, 0.15) is 0 Å². The average Bonchev–Trinajstić information content (AvgIpc) is 2.47. The Bertz CT molecular complexity index is 632. The third kappa shape index (κ3) is 3.43. The van der Waals surface area contributed by atoms with E-state index in [4.69, 9.17) is 32.7 Å². The number of hydrogen-bond donors (Lipinski definition) is 1. The van der Waals surface area contributed by atoms with Gasteiger partial charge in [-0.25, -0.2) is 0 Å². The van der Waals surface area contributed by atoms with Gasteiger partial charge in [-0.05, 0) is 42.4 Å². The predicted molar refractivity (Wildman–Crippen MR) is 86.9 cm³/mol. The number of nitrogens with one attached hydrogen (secondary N) is 1. The van der Waals surface area contributed by atoms with Crippen molar-refractivity contribution in [2.24, 2.45) is 0 Å². The number of methoxy groups -OCH3 is 2. The van der Waals surface area contributed by atoms with Crippen LogP contribution in [0.4, 0.5) is 0 Å². The second-order valence-electron chi connectivity index (χ2n) is 4.51. The van der Waals surface area contributed by atoms with Crippen molar-refractivity contribution in [2.45, 2.75) is 6.04 Å². The van der Waals surface area contributed by atoms with E-state index in [2.05, 4.69) is 5.32 Å². The summed E-state index contributed by atoms with van der Waals surface area (Å²) in [4.78, 5) is 0. The standard InChI is InChI=1S/C16H17Cl2NO2/c1-19-15(10-5-4-6-12(17)7-10)11-8-13(18)16(21-3)14(9-11)20-2/h4-9,15,19H,1-3H3. The van der Waals surface area contributed by atoms with Crippen LogP contribution in [0.25, 0.3) is 0 Å². The van der Waals surface area contributed by atoms with Crippen LogP contribution in [-0.2, 0) is 0 Å². The zero-order chi connectivity index (χ0) is 15.4. The minimum absolute atomic E-state index is 0.0407. The van der Waals surface area contributed by atoms with Gasteiger partial charge in [0.2, 0.25) is 0 Å². The second-order valence-corrected chi connectivity index (χ2v) is 5.36. The van der Waals surface area contributed by atoms with Gasteiger partial charge in [0.25, 0.3) is 0 Å². The molecule has 5 heteroatoms. The molecular weight excluding hydrogens is 309 g/mol. The van der Waals surface area contributed by atoms with Crippen molar-refractivity contribution in [2.75, 3.05) is 21.3 Å². The Morgan fingerprint density at radius 3 is 2.33 bits per heavy atom. The quantitative estimate of drug-likeness (QED) is 0.888. The fraction of sp³-hybridized carbons (Fsp3) is 0.250. The van der Waals surface area contributed by atoms with Crippen molar-refractivity contribution in [1.29, 1.82) is 0 Å². The SMILES string of the molecule is CNC(c1cccc(Cl)c1)c1cc(Cl)c(OC)c(OC)c1. The summed E-state index contributed by atoms with van der Waals surface area (Å²) in [5, 5.41) is 4.47. The lowest BCUT2D eigenvalue weighted by atomic mass is 9.98. The molecule has 0 radical (unpaired) electrons. The molecule has 1 N–H and O–H groups in total. The van der Waals surface area contributed by atoms with Gasteiger partial charge >= 0.3 is 0 Å². The fourth-order valence-electron chi connectivity index (χ4n) is 2.32. The summed E-state index contributed by atoms with van der Waals surface area (Å²) in [7, 11) is 5.04. The molecule has 0 aromatic heterocycles. The summed E-state index contributed by atoms with van der Waals surface area (Å²) in [6.45, 7) is 0. The van der Waals surface area contributed by atoms with Gasteiger partial charge in [0, 0.05) is 5.02 Å². The molecule has 1 unspecified atom stereocenters. The molecule has 3 nitrogen and oxygen atoms in total. The maximum Gasteiger partial charge on any atom is 0.179 e. The smallest absolute Gasteiger partial charge is 0.179 e. The second kappa shape index (κ2) is 7.03. The molecule has 21 heavy (non-hydrogen) atoms. The highest BCUT2D eigenvalue weighted by atomic mass is 35.5. The minimum atomic E-state index is -0.0407. The first-order chi connectivity index (χ1) is 10.1. The van der Waals surface area contributed by atoms with Crippen LogP contribution in [0.5, 0.6) is 11.5 Å². The van der Waals surface area contributed by atoms with E-state index in [0.717, 1.165) is 11.1 Å². The average molecular weight is 326 g/mol. The van der Waals surface area contributed by atoms with Gasteiger partial charge in [-0.1, -0.05) is 35.3 Å². The van der Waals surface area contributed by atoms with E-state index < -0.39 is 0 Å². The van der Waals surface area contributed by atoms with Crippen LogP contribution in [0.3, 0.4) is 0 Å². The molecule has 0 amide bonds. The van der Waals surface area contributed by atoms with Crippen LogP contribution in [-0.4, -0.2) is 21.3 Å². The number of rotatable bonds is 5. The summed E-state index contributed by atoms with van der Waals surface area (Å²) in [5.74, 6) is 1.13. The largest absolute Gasteiger partial charge is 0.493 e. The van der Waals surface area contributed by atoms with Gasteiger partial charge in [0.15, 0.2) is 11.5 Å². The first-order valence-electron chi connectivity index (χ1n) is 6.44.